The lowest BCUT2D eigenvalue weighted by molar-refractivity contribution is 0.295. The largest absolute Gasteiger partial charge is 0.494 e. The van der Waals surface area contributed by atoms with Crippen molar-refractivity contribution in [3.63, 3.8) is 0 Å². The maximum atomic E-state index is 5.72. The molecule has 1 aromatic carbocycles. The van der Waals surface area contributed by atoms with E-state index in [1.165, 1.54) is 0 Å². The Bertz CT molecular complexity index is 526. The predicted octanol–water partition coefficient (Wildman–Crippen LogP) is 2.78. The molecule has 2 rings (SSSR count). The molecule has 0 radical (unpaired) electrons. The number of ether oxygens (including phenoxy) is 2. The summed E-state index contributed by atoms with van der Waals surface area (Å²) in [4.78, 5) is 4.37. The zero-order chi connectivity index (χ0) is 14.2. The van der Waals surface area contributed by atoms with Gasteiger partial charge in [-0.15, -0.1) is 0 Å². The molecule has 106 valence electrons. The minimum atomic E-state index is 0.454. The van der Waals surface area contributed by atoms with Crippen molar-refractivity contribution in [3.05, 3.63) is 53.9 Å². The molecule has 0 spiro atoms. The Balaban J connectivity index is 1.92. The van der Waals surface area contributed by atoms with Gasteiger partial charge in [-0.05, 0) is 37.7 Å². The summed E-state index contributed by atoms with van der Waals surface area (Å²) < 4.78 is 11.2. The molecule has 0 fully saturated rings. The number of rotatable bonds is 7. The fraction of sp³-hybridized carbons (Fsp3) is 0.312. The van der Waals surface area contributed by atoms with Gasteiger partial charge in [0, 0.05) is 18.8 Å². The number of benzene rings is 1. The van der Waals surface area contributed by atoms with Crippen LogP contribution in [0, 0.1) is 0 Å². The highest BCUT2D eigenvalue weighted by molar-refractivity contribution is 5.33. The molecule has 0 bridgehead atoms. The standard InChI is InChI=1S/C16H20N2O2/c1-3-19-15-5-4-6-16(9-15)20-12-14-8-7-13(10-17-2)11-18-14/h4-9,11,17H,3,10,12H2,1-2H3. The van der Waals surface area contributed by atoms with Crippen LogP contribution < -0.4 is 14.8 Å². The first-order valence-electron chi connectivity index (χ1n) is 6.76. The summed E-state index contributed by atoms with van der Waals surface area (Å²) in [5.74, 6) is 1.61. The second kappa shape index (κ2) is 7.50. The average Bonchev–Trinajstić information content (AvgIpc) is 2.48. The molecule has 1 heterocycles. The molecular formula is C16H20N2O2. The molecule has 0 unspecified atom stereocenters. The van der Waals surface area contributed by atoms with E-state index in [1.54, 1.807) is 0 Å². The van der Waals surface area contributed by atoms with Crippen LogP contribution in [0.1, 0.15) is 18.2 Å². The monoisotopic (exact) mass is 272 g/mol. The van der Waals surface area contributed by atoms with Gasteiger partial charge in [-0.1, -0.05) is 12.1 Å². The molecule has 20 heavy (non-hydrogen) atoms. The van der Waals surface area contributed by atoms with Gasteiger partial charge in [0.25, 0.3) is 0 Å². The van der Waals surface area contributed by atoms with Crippen LogP contribution in [0.25, 0.3) is 0 Å². The Labute approximate surface area is 119 Å². The Morgan fingerprint density at radius 1 is 1.10 bits per heavy atom. The van der Waals surface area contributed by atoms with Crippen molar-refractivity contribution in [1.29, 1.82) is 0 Å². The summed E-state index contributed by atoms with van der Waals surface area (Å²) in [6.07, 6.45) is 1.87. The molecule has 4 heteroatoms. The fourth-order valence-corrected chi connectivity index (χ4v) is 1.83. The first kappa shape index (κ1) is 14.3. The minimum absolute atomic E-state index is 0.454. The lowest BCUT2D eigenvalue weighted by Gasteiger charge is -2.08. The van der Waals surface area contributed by atoms with E-state index in [9.17, 15) is 0 Å². The molecule has 0 saturated carbocycles. The smallest absolute Gasteiger partial charge is 0.130 e. The molecule has 0 amide bonds. The van der Waals surface area contributed by atoms with Gasteiger partial charge in [0.1, 0.15) is 18.1 Å². The average molecular weight is 272 g/mol. The van der Waals surface area contributed by atoms with Crippen LogP contribution in [0.2, 0.25) is 0 Å². The van der Waals surface area contributed by atoms with Crippen molar-refractivity contribution >= 4 is 0 Å². The van der Waals surface area contributed by atoms with Crippen LogP contribution in [0.4, 0.5) is 0 Å². The van der Waals surface area contributed by atoms with E-state index in [1.807, 2.05) is 50.5 Å². The third-order valence-electron chi connectivity index (χ3n) is 2.77. The van der Waals surface area contributed by atoms with Crippen molar-refractivity contribution in [3.8, 4) is 11.5 Å². The van der Waals surface area contributed by atoms with E-state index in [0.717, 1.165) is 29.3 Å². The number of hydrogen-bond donors (Lipinski definition) is 1. The summed E-state index contributed by atoms with van der Waals surface area (Å²) in [6.45, 7) is 3.89. The van der Waals surface area contributed by atoms with Gasteiger partial charge < -0.3 is 14.8 Å². The summed E-state index contributed by atoms with van der Waals surface area (Å²) in [6, 6.07) is 11.7. The third-order valence-corrected chi connectivity index (χ3v) is 2.77. The zero-order valence-corrected chi connectivity index (χ0v) is 11.9. The minimum Gasteiger partial charge on any atom is -0.494 e. The van der Waals surface area contributed by atoms with Crippen molar-refractivity contribution in [2.45, 2.75) is 20.1 Å². The Hall–Kier alpha value is -2.07. The van der Waals surface area contributed by atoms with E-state index in [4.69, 9.17) is 9.47 Å². The van der Waals surface area contributed by atoms with Crippen LogP contribution in [0.5, 0.6) is 11.5 Å². The molecule has 0 saturated heterocycles. The Morgan fingerprint density at radius 2 is 1.90 bits per heavy atom. The number of nitrogens with one attached hydrogen (secondary N) is 1. The second-order valence-electron chi connectivity index (χ2n) is 4.38. The zero-order valence-electron chi connectivity index (χ0n) is 11.9. The molecular weight excluding hydrogens is 252 g/mol. The maximum Gasteiger partial charge on any atom is 0.130 e. The first-order chi connectivity index (χ1) is 9.81. The van der Waals surface area contributed by atoms with Gasteiger partial charge in [-0.25, -0.2) is 0 Å². The van der Waals surface area contributed by atoms with Gasteiger partial charge in [0.2, 0.25) is 0 Å². The van der Waals surface area contributed by atoms with Crippen LogP contribution >= 0.6 is 0 Å². The summed E-state index contributed by atoms with van der Waals surface area (Å²) in [5.41, 5.74) is 2.07. The van der Waals surface area contributed by atoms with Crippen LogP contribution in [-0.2, 0) is 13.2 Å². The van der Waals surface area contributed by atoms with E-state index in [-0.39, 0.29) is 0 Å². The number of pyridine rings is 1. The van der Waals surface area contributed by atoms with E-state index < -0.39 is 0 Å². The van der Waals surface area contributed by atoms with Gasteiger partial charge >= 0.3 is 0 Å². The van der Waals surface area contributed by atoms with Gasteiger partial charge in [0.05, 0.1) is 12.3 Å². The van der Waals surface area contributed by atoms with Crippen LogP contribution in [-0.4, -0.2) is 18.6 Å². The van der Waals surface area contributed by atoms with E-state index in [2.05, 4.69) is 16.4 Å². The van der Waals surface area contributed by atoms with Crippen molar-refractivity contribution in [1.82, 2.24) is 10.3 Å². The molecule has 1 N–H and O–H groups in total. The Kier molecular flexibility index (Phi) is 5.38. The molecule has 2 aromatic rings. The highest BCUT2D eigenvalue weighted by Crippen LogP contribution is 2.20. The van der Waals surface area contributed by atoms with Gasteiger partial charge in [0.15, 0.2) is 0 Å². The molecule has 0 atom stereocenters. The van der Waals surface area contributed by atoms with Crippen LogP contribution in [0.3, 0.4) is 0 Å². The van der Waals surface area contributed by atoms with Crippen molar-refractivity contribution in [2.75, 3.05) is 13.7 Å². The molecule has 0 aliphatic heterocycles. The molecule has 0 aliphatic rings. The number of nitrogens with zero attached hydrogens (tertiary/aromatic N) is 1. The summed E-state index contributed by atoms with van der Waals surface area (Å²) >= 11 is 0. The molecule has 0 aliphatic carbocycles. The summed E-state index contributed by atoms with van der Waals surface area (Å²) in [5, 5.41) is 3.09. The highest BCUT2D eigenvalue weighted by atomic mass is 16.5. The van der Waals surface area contributed by atoms with Crippen molar-refractivity contribution in [2.24, 2.45) is 0 Å². The predicted molar refractivity (Wildman–Crippen MR) is 78.9 cm³/mol. The maximum absolute atomic E-state index is 5.72. The second-order valence-corrected chi connectivity index (χ2v) is 4.38. The molecule has 1 aromatic heterocycles. The lowest BCUT2D eigenvalue weighted by atomic mass is 10.2. The number of aromatic nitrogens is 1. The number of hydrogen-bond acceptors (Lipinski definition) is 4. The SMILES string of the molecule is CCOc1cccc(OCc2ccc(CNC)cn2)c1. The van der Waals surface area contributed by atoms with E-state index in [0.29, 0.717) is 13.2 Å². The molecule has 4 nitrogen and oxygen atoms in total. The van der Waals surface area contributed by atoms with Gasteiger partial charge in [-0.2, -0.15) is 0 Å². The quantitative estimate of drug-likeness (QED) is 0.841. The summed E-state index contributed by atoms with van der Waals surface area (Å²) in [7, 11) is 1.92. The van der Waals surface area contributed by atoms with Crippen molar-refractivity contribution < 1.29 is 9.47 Å². The Morgan fingerprint density at radius 3 is 2.55 bits per heavy atom. The lowest BCUT2D eigenvalue weighted by Crippen LogP contribution is -2.06. The topological polar surface area (TPSA) is 43.4 Å². The third kappa shape index (κ3) is 4.24. The fourth-order valence-electron chi connectivity index (χ4n) is 1.83. The van der Waals surface area contributed by atoms with E-state index >= 15 is 0 Å². The van der Waals surface area contributed by atoms with Crippen LogP contribution in [0.15, 0.2) is 42.6 Å². The highest BCUT2D eigenvalue weighted by Gasteiger charge is 2.00. The first-order valence-corrected chi connectivity index (χ1v) is 6.76. The normalized spacial score (nSPS) is 10.3. The van der Waals surface area contributed by atoms with Gasteiger partial charge in [-0.3, -0.25) is 4.98 Å².